The molecule has 1 aliphatic rings. The average Bonchev–Trinajstić information content (AvgIpc) is 2.84. The van der Waals surface area contributed by atoms with Gasteiger partial charge in [0.05, 0.1) is 29.7 Å². The molecule has 1 fully saturated rings. The van der Waals surface area contributed by atoms with Crippen molar-refractivity contribution >= 4 is 11.5 Å². The Labute approximate surface area is 211 Å². The van der Waals surface area contributed by atoms with Crippen LogP contribution >= 0.6 is 0 Å². The molecule has 0 aliphatic heterocycles. The summed E-state index contributed by atoms with van der Waals surface area (Å²) in [5.74, 6) is 2.04. The number of nitriles is 1. The van der Waals surface area contributed by atoms with Gasteiger partial charge >= 0.3 is 0 Å². The lowest BCUT2D eigenvalue weighted by Crippen LogP contribution is -2.33. The maximum atomic E-state index is 10.1. The van der Waals surface area contributed by atoms with E-state index >= 15 is 0 Å². The molecule has 2 aromatic rings. The predicted molar refractivity (Wildman–Crippen MR) is 143 cm³/mol. The molecular weight excluding hydrogens is 434 g/mol. The zero-order chi connectivity index (χ0) is 25.4. The maximum absolute atomic E-state index is 10.1. The first-order chi connectivity index (χ1) is 16.7. The Morgan fingerprint density at radius 3 is 2.54 bits per heavy atom. The SMILES string of the molecule is CCC/C=C/N(CC1CCCC(CN(C)c2cnc(C(C)(C)O)cn2)C1)c1cc(C#N)ccc1C. The number of unbranched alkanes of at least 4 members (excludes halogenated alkanes) is 1. The fraction of sp³-hybridized carbons (Fsp3) is 0.552. The van der Waals surface area contributed by atoms with Crippen LogP contribution in [-0.2, 0) is 5.60 Å². The van der Waals surface area contributed by atoms with Crippen molar-refractivity contribution in [1.29, 1.82) is 5.26 Å². The number of anilines is 2. The first kappa shape index (κ1) is 26.7. The van der Waals surface area contributed by atoms with E-state index in [1.54, 1.807) is 26.2 Å². The Balaban J connectivity index is 1.68. The third-order valence-corrected chi connectivity index (χ3v) is 6.92. The van der Waals surface area contributed by atoms with Crippen LogP contribution in [0.4, 0.5) is 11.5 Å². The number of nitrogens with zero attached hydrogens (tertiary/aromatic N) is 5. The smallest absolute Gasteiger partial charge is 0.146 e. The fourth-order valence-corrected chi connectivity index (χ4v) is 4.92. The number of aryl methyl sites for hydroxylation is 1. The Morgan fingerprint density at radius 1 is 1.17 bits per heavy atom. The van der Waals surface area contributed by atoms with Gasteiger partial charge in [-0.05, 0) is 76.0 Å². The average molecular weight is 476 g/mol. The molecule has 35 heavy (non-hydrogen) atoms. The molecule has 2 atom stereocenters. The molecule has 2 unspecified atom stereocenters. The quantitative estimate of drug-likeness (QED) is 0.458. The highest BCUT2D eigenvalue weighted by atomic mass is 16.3. The van der Waals surface area contributed by atoms with Gasteiger partial charge in [0.1, 0.15) is 11.4 Å². The van der Waals surface area contributed by atoms with E-state index in [0.717, 1.165) is 37.4 Å². The van der Waals surface area contributed by atoms with Crippen molar-refractivity contribution in [3.05, 3.63) is 59.7 Å². The summed E-state index contributed by atoms with van der Waals surface area (Å²) < 4.78 is 0. The van der Waals surface area contributed by atoms with Gasteiger partial charge in [-0.3, -0.25) is 4.98 Å². The first-order valence-electron chi connectivity index (χ1n) is 12.9. The predicted octanol–water partition coefficient (Wildman–Crippen LogP) is 5.95. The van der Waals surface area contributed by atoms with Crippen LogP contribution in [0.2, 0.25) is 0 Å². The molecule has 6 heteroatoms. The van der Waals surface area contributed by atoms with Crippen molar-refractivity contribution in [3.63, 3.8) is 0 Å². The lowest BCUT2D eigenvalue weighted by atomic mass is 9.80. The van der Waals surface area contributed by atoms with E-state index in [9.17, 15) is 10.4 Å². The highest BCUT2D eigenvalue weighted by Crippen LogP contribution is 2.33. The molecule has 0 spiro atoms. The first-order valence-corrected chi connectivity index (χ1v) is 12.9. The zero-order valence-electron chi connectivity index (χ0n) is 22.0. The van der Waals surface area contributed by atoms with Crippen molar-refractivity contribution in [1.82, 2.24) is 9.97 Å². The van der Waals surface area contributed by atoms with Gasteiger partial charge in [-0.1, -0.05) is 31.9 Å². The van der Waals surface area contributed by atoms with Crippen LogP contribution in [0.1, 0.15) is 76.1 Å². The monoisotopic (exact) mass is 475 g/mol. The summed E-state index contributed by atoms with van der Waals surface area (Å²) in [5, 5.41) is 19.6. The van der Waals surface area contributed by atoms with Crippen LogP contribution in [0.25, 0.3) is 0 Å². The molecule has 1 aromatic carbocycles. The third kappa shape index (κ3) is 7.53. The van der Waals surface area contributed by atoms with Gasteiger partial charge in [0, 0.05) is 32.0 Å². The molecule has 0 bridgehead atoms. The van der Waals surface area contributed by atoms with Crippen LogP contribution < -0.4 is 9.80 Å². The second kappa shape index (κ2) is 12.2. The number of aliphatic hydroxyl groups is 1. The summed E-state index contributed by atoms with van der Waals surface area (Å²) in [6.45, 7) is 9.68. The lowest BCUT2D eigenvalue weighted by Gasteiger charge is -2.35. The standard InChI is InChI=1S/C29H41N5O/c1-6-7-8-14-34(26-16-23(17-30)13-12-22(26)2)21-25-11-9-10-24(15-25)20-33(5)28-19-31-27(18-32-28)29(3,4)35/h8,12-14,16,18-19,24-25,35H,6-7,9-11,15,20-21H2,1-5H3/b14-8+. The Kier molecular flexibility index (Phi) is 9.28. The molecule has 1 aliphatic carbocycles. The van der Waals surface area contributed by atoms with Crippen LogP contribution in [-0.4, -0.2) is 35.2 Å². The summed E-state index contributed by atoms with van der Waals surface area (Å²) in [6.07, 6.45) is 15.0. The van der Waals surface area contributed by atoms with Crippen molar-refractivity contribution < 1.29 is 5.11 Å². The van der Waals surface area contributed by atoms with E-state index in [-0.39, 0.29) is 0 Å². The van der Waals surface area contributed by atoms with Gasteiger partial charge in [0.2, 0.25) is 0 Å². The molecule has 3 rings (SSSR count). The van der Waals surface area contributed by atoms with Crippen LogP contribution in [0.3, 0.4) is 0 Å². The van der Waals surface area contributed by atoms with Gasteiger partial charge in [-0.2, -0.15) is 5.26 Å². The summed E-state index contributed by atoms with van der Waals surface area (Å²) in [5.41, 5.74) is 2.64. The maximum Gasteiger partial charge on any atom is 0.146 e. The van der Waals surface area contributed by atoms with Gasteiger partial charge in [-0.25, -0.2) is 4.98 Å². The molecule has 1 heterocycles. The summed E-state index contributed by atoms with van der Waals surface area (Å²) in [7, 11) is 2.08. The fourth-order valence-electron chi connectivity index (χ4n) is 4.92. The Morgan fingerprint density at radius 2 is 1.91 bits per heavy atom. The molecular formula is C29H41N5O. The van der Waals surface area contributed by atoms with Crippen LogP contribution in [0.15, 0.2) is 42.9 Å². The van der Waals surface area contributed by atoms with Gasteiger partial charge in [0.25, 0.3) is 0 Å². The second-order valence-corrected chi connectivity index (χ2v) is 10.5. The summed E-state index contributed by atoms with van der Waals surface area (Å²) in [4.78, 5) is 13.5. The molecule has 6 nitrogen and oxygen atoms in total. The molecule has 188 valence electrons. The third-order valence-electron chi connectivity index (χ3n) is 6.92. The van der Waals surface area contributed by atoms with E-state index in [2.05, 4.69) is 65.1 Å². The number of aromatic nitrogens is 2. The number of hydrogen-bond donors (Lipinski definition) is 1. The highest BCUT2D eigenvalue weighted by Gasteiger charge is 2.26. The number of hydrogen-bond acceptors (Lipinski definition) is 6. The van der Waals surface area contributed by atoms with Gasteiger partial charge < -0.3 is 14.9 Å². The molecule has 1 N–H and O–H groups in total. The lowest BCUT2D eigenvalue weighted by molar-refractivity contribution is 0.0734. The topological polar surface area (TPSA) is 76.3 Å². The van der Waals surface area contributed by atoms with E-state index in [0.29, 0.717) is 23.1 Å². The Bertz CT molecular complexity index is 1020. The minimum Gasteiger partial charge on any atom is -0.384 e. The van der Waals surface area contributed by atoms with Crippen LogP contribution in [0.5, 0.6) is 0 Å². The zero-order valence-corrected chi connectivity index (χ0v) is 22.0. The van der Waals surface area contributed by atoms with Gasteiger partial charge in [0.15, 0.2) is 0 Å². The van der Waals surface area contributed by atoms with Gasteiger partial charge in [-0.15, -0.1) is 0 Å². The van der Waals surface area contributed by atoms with E-state index < -0.39 is 5.60 Å². The highest BCUT2D eigenvalue weighted by molar-refractivity contribution is 5.59. The number of benzene rings is 1. The molecule has 0 radical (unpaired) electrons. The second-order valence-electron chi connectivity index (χ2n) is 10.5. The normalized spacial score (nSPS) is 18.4. The van der Waals surface area contributed by atoms with Crippen molar-refractivity contribution in [2.75, 3.05) is 29.9 Å². The van der Waals surface area contributed by atoms with Crippen molar-refractivity contribution in [2.24, 2.45) is 11.8 Å². The minimum atomic E-state index is -0.983. The largest absolute Gasteiger partial charge is 0.384 e. The summed E-state index contributed by atoms with van der Waals surface area (Å²) >= 11 is 0. The van der Waals surface area contributed by atoms with E-state index in [1.165, 1.54) is 31.2 Å². The summed E-state index contributed by atoms with van der Waals surface area (Å²) in [6, 6.07) is 8.27. The molecule has 1 saturated carbocycles. The van der Waals surface area contributed by atoms with E-state index in [4.69, 9.17) is 0 Å². The number of allylic oxidation sites excluding steroid dienone is 1. The minimum absolute atomic E-state index is 0.583. The molecule has 0 amide bonds. The molecule has 0 saturated heterocycles. The Hall–Kier alpha value is -2.91. The van der Waals surface area contributed by atoms with Crippen molar-refractivity contribution in [2.45, 2.75) is 71.8 Å². The van der Waals surface area contributed by atoms with E-state index in [1.807, 2.05) is 12.1 Å². The number of rotatable bonds is 10. The van der Waals surface area contributed by atoms with Crippen LogP contribution in [0, 0.1) is 30.1 Å². The molecule has 1 aromatic heterocycles. The van der Waals surface area contributed by atoms with Crippen molar-refractivity contribution in [3.8, 4) is 6.07 Å².